The fraction of sp³-hybridized carbons (Fsp3) is 0.909. The van der Waals surface area contributed by atoms with Crippen LogP contribution in [0.4, 0.5) is 0 Å². The smallest absolute Gasteiger partial charge is 0.106 e. The molecule has 3 nitrogen and oxygen atoms in total. The Morgan fingerprint density at radius 3 is 1.86 bits per heavy atom. The van der Waals surface area contributed by atoms with Gasteiger partial charge >= 0.3 is 0 Å². The van der Waals surface area contributed by atoms with E-state index in [-0.39, 0.29) is 0 Å². The third-order valence-corrected chi connectivity index (χ3v) is 2.47. The molecule has 0 heterocycles. The van der Waals surface area contributed by atoms with Crippen LogP contribution in [0.5, 0.6) is 0 Å². The quantitative estimate of drug-likeness (QED) is 0.378. The topological polar surface area (TPSA) is 52.8 Å². The van der Waals surface area contributed by atoms with Gasteiger partial charge < -0.3 is 10.3 Å². The van der Waals surface area contributed by atoms with Crippen molar-refractivity contribution in [1.82, 2.24) is 0 Å². The molecule has 0 unspecified atom stereocenters. The van der Waals surface area contributed by atoms with Crippen LogP contribution in [0.15, 0.2) is 5.16 Å². The fourth-order valence-electron chi connectivity index (χ4n) is 1.85. The molecule has 0 radical (unpaired) electrons. The standard InChI is InChI=1S/C11H23NO2/c1-4-7-10(12-14)11(13,8-5-2)9-6-3/h13-14H,4-9H2,1-3H3/b12-10+. The Balaban J connectivity index is 4.58. The van der Waals surface area contributed by atoms with Crippen molar-refractivity contribution in [2.24, 2.45) is 5.16 Å². The summed E-state index contributed by atoms with van der Waals surface area (Å²) in [7, 11) is 0. The van der Waals surface area contributed by atoms with Crippen molar-refractivity contribution >= 4 is 5.71 Å². The fourth-order valence-corrected chi connectivity index (χ4v) is 1.85. The van der Waals surface area contributed by atoms with Crippen LogP contribution >= 0.6 is 0 Å². The molecular formula is C11H23NO2. The molecule has 0 atom stereocenters. The number of hydrogen-bond acceptors (Lipinski definition) is 3. The van der Waals surface area contributed by atoms with E-state index in [1.54, 1.807) is 0 Å². The van der Waals surface area contributed by atoms with Gasteiger partial charge in [0.15, 0.2) is 0 Å². The third-order valence-electron chi connectivity index (χ3n) is 2.47. The second-order valence-electron chi connectivity index (χ2n) is 3.83. The summed E-state index contributed by atoms with van der Waals surface area (Å²) < 4.78 is 0. The van der Waals surface area contributed by atoms with E-state index in [9.17, 15) is 5.11 Å². The lowest BCUT2D eigenvalue weighted by atomic mass is 9.86. The van der Waals surface area contributed by atoms with Crippen molar-refractivity contribution in [3.05, 3.63) is 0 Å². The van der Waals surface area contributed by atoms with E-state index in [1.165, 1.54) is 0 Å². The molecule has 0 amide bonds. The zero-order valence-electron chi connectivity index (χ0n) is 9.58. The van der Waals surface area contributed by atoms with Gasteiger partial charge in [-0.3, -0.25) is 0 Å². The second kappa shape index (κ2) is 6.82. The summed E-state index contributed by atoms with van der Waals surface area (Å²) in [6.07, 6.45) is 4.74. The van der Waals surface area contributed by atoms with Crippen molar-refractivity contribution in [3.63, 3.8) is 0 Å². The van der Waals surface area contributed by atoms with Crippen LogP contribution in [0, 0.1) is 0 Å². The maximum absolute atomic E-state index is 10.3. The first kappa shape index (κ1) is 13.4. The predicted octanol–water partition coefficient (Wildman–Crippen LogP) is 2.95. The molecule has 0 bridgehead atoms. The largest absolute Gasteiger partial charge is 0.411 e. The molecule has 0 saturated heterocycles. The molecule has 0 saturated carbocycles. The Hall–Kier alpha value is -0.570. The van der Waals surface area contributed by atoms with Gasteiger partial charge in [0.2, 0.25) is 0 Å². The predicted molar refractivity (Wildman–Crippen MR) is 58.9 cm³/mol. The molecule has 0 rings (SSSR count). The lowest BCUT2D eigenvalue weighted by molar-refractivity contribution is 0.0844. The Morgan fingerprint density at radius 2 is 1.57 bits per heavy atom. The summed E-state index contributed by atoms with van der Waals surface area (Å²) >= 11 is 0. The van der Waals surface area contributed by atoms with Crippen LogP contribution in [0.2, 0.25) is 0 Å². The van der Waals surface area contributed by atoms with Gasteiger partial charge in [0.1, 0.15) is 5.60 Å². The van der Waals surface area contributed by atoms with Gasteiger partial charge in [-0.05, 0) is 19.3 Å². The normalized spacial score (nSPS) is 13.3. The number of rotatable bonds is 7. The van der Waals surface area contributed by atoms with E-state index in [0.717, 1.165) is 19.3 Å². The molecular weight excluding hydrogens is 178 g/mol. The molecule has 0 aromatic carbocycles. The van der Waals surface area contributed by atoms with Crippen molar-refractivity contribution in [1.29, 1.82) is 0 Å². The van der Waals surface area contributed by atoms with Crippen molar-refractivity contribution in [3.8, 4) is 0 Å². The number of oxime groups is 1. The van der Waals surface area contributed by atoms with Gasteiger partial charge in [-0.25, -0.2) is 0 Å². The zero-order valence-corrected chi connectivity index (χ0v) is 9.58. The Labute approximate surface area is 86.8 Å². The first-order valence-electron chi connectivity index (χ1n) is 5.58. The van der Waals surface area contributed by atoms with E-state index in [2.05, 4.69) is 5.16 Å². The molecule has 0 aromatic rings. The maximum atomic E-state index is 10.3. The minimum absolute atomic E-state index is 0.545. The van der Waals surface area contributed by atoms with Crippen molar-refractivity contribution < 1.29 is 10.3 Å². The van der Waals surface area contributed by atoms with E-state index in [0.29, 0.717) is 25.0 Å². The number of aliphatic hydroxyl groups is 1. The van der Waals surface area contributed by atoms with E-state index < -0.39 is 5.60 Å². The number of hydrogen-bond donors (Lipinski definition) is 2. The van der Waals surface area contributed by atoms with Crippen LogP contribution in [0.1, 0.15) is 59.3 Å². The average Bonchev–Trinajstić information content (AvgIpc) is 2.14. The first-order valence-corrected chi connectivity index (χ1v) is 5.58. The zero-order chi connectivity index (χ0) is 11.0. The molecule has 3 heteroatoms. The molecule has 0 spiro atoms. The van der Waals surface area contributed by atoms with E-state index in [4.69, 9.17) is 5.21 Å². The van der Waals surface area contributed by atoms with Crippen LogP contribution in [-0.2, 0) is 0 Å². The first-order chi connectivity index (χ1) is 6.64. The van der Waals surface area contributed by atoms with E-state index >= 15 is 0 Å². The molecule has 0 aliphatic heterocycles. The van der Waals surface area contributed by atoms with E-state index in [1.807, 2.05) is 20.8 Å². The third kappa shape index (κ3) is 3.66. The summed E-state index contributed by atoms with van der Waals surface area (Å²) in [5.74, 6) is 0. The van der Waals surface area contributed by atoms with Gasteiger partial charge in [0.25, 0.3) is 0 Å². The molecule has 0 fully saturated rings. The second-order valence-corrected chi connectivity index (χ2v) is 3.83. The highest BCUT2D eigenvalue weighted by atomic mass is 16.4. The average molecular weight is 201 g/mol. The highest BCUT2D eigenvalue weighted by Gasteiger charge is 2.31. The summed E-state index contributed by atoms with van der Waals surface area (Å²) in [5.41, 5.74) is -0.336. The Morgan fingerprint density at radius 1 is 1.07 bits per heavy atom. The van der Waals surface area contributed by atoms with Crippen LogP contribution in [-0.4, -0.2) is 21.6 Å². The lowest BCUT2D eigenvalue weighted by Gasteiger charge is -2.28. The van der Waals surface area contributed by atoms with Gasteiger partial charge in [0.05, 0.1) is 5.71 Å². The minimum atomic E-state index is -0.881. The molecule has 0 aliphatic rings. The van der Waals surface area contributed by atoms with Crippen molar-refractivity contribution in [2.45, 2.75) is 64.9 Å². The van der Waals surface area contributed by atoms with Gasteiger partial charge in [0, 0.05) is 0 Å². The van der Waals surface area contributed by atoms with Crippen molar-refractivity contribution in [2.75, 3.05) is 0 Å². The Bertz CT molecular complexity index is 172. The van der Waals surface area contributed by atoms with Crippen LogP contribution < -0.4 is 0 Å². The van der Waals surface area contributed by atoms with Crippen LogP contribution in [0.3, 0.4) is 0 Å². The summed E-state index contributed by atoms with van der Waals surface area (Å²) in [6.45, 7) is 6.08. The van der Waals surface area contributed by atoms with Gasteiger partial charge in [-0.15, -0.1) is 0 Å². The lowest BCUT2D eigenvalue weighted by Crippen LogP contribution is -2.38. The monoisotopic (exact) mass is 201 g/mol. The molecule has 84 valence electrons. The summed E-state index contributed by atoms with van der Waals surface area (Å²) in [5, 5.41) is 22.4. The SMILES string of the molecule is CCC/C(=N\O)C(O)(CCC)CCC. The molecule has 2 N–H and O–H groups in total. The molecule has 0 aliphatic carbocycles. The van der Waals surface area contributed by atoms with Gasteiger partial charge in [-0.1, -0.05) is 45.2 Å². The van der Waals surface area contributed by atoms with Gasteiger partial charge in [-0.2, -0.15) is 0 Å². The summed E-state index contributed by atoms with van der Waals surface area (Å²) in [6, 6.07) is 0. The molecule has 14 heavy (non-hydrogen) atoms. The highest BCUT2D eigenvalue weighted by Crippen LogP contribution is 2.23. The Kier molecular flexibility index (Phi) is 6.54. The minimum Gasteiger partial charge on any atom is -0.411 e. The maximum Gasteiger partial charge on any atom is 0.106 e. The number of nitrogens with zero attached hydrogens (tertiary/aromatic N) is 1. The molecule has 0 aromatic heterocycles. The van der Waals surface area contributed by atoms with Crippen LogP contribution in [0.25, 0.3) is 0 Å². The summed E-state index contributed by atoms with van der Waals surface area (Å²) in [4.78, 5) is 0. The highest BCUT2D eigenvalue weighted by molar-refractivity contribution is 5.91.